The van der Waals surface area contributed by atoms with Crippen LogP contribution in [-0.4, -0.2) is 45.4 Å². The lowest BCUT2D eigenvalue weighted by molar-refractivity contribution is 0.00957. The molecule has 3 aromatic rings. The van der Waals surface area contributed by atoms with Crippen molar-refractivity contribution in [3.8, 4) is 0 Å². The quantitative estimate of drug-likeness (QED) is 0.121. The van der Waals surface area contributed by atoms with Crippen LogP contribution in [0.2, 0.25) is 0 Å². The van der Waals surface area contributed by atoms with Crippen LogP contribution >= 0.6 is 0 Å². The standard InChI is InChI=1S/C10H12F2O4S.C9H8F2.C8H6F2O.C4H8O.C2H4.CH4/c1-10(13,6-16-17(2,14)15)7-3-8(11)5-9(12)4-7;1-6(2)7-3-8(10)5-9(11)4-7;1-5(11)6-2-7(9)4-8(10)3-6;1-2-4-5-3-1;1-2;/h3-5,13H,6H2,1-2H3;3-5H,1H2,2H3;2-4H,1H3;1-4H2;1-2H2;1H4/t10-;;;;;/m1...../s1. The lowest BCUT2D eigenvalue weighted by atomic mass is 9.97. The Labute approximate surface area is 273 Å². The van der Waals surface area contributed by atoms with E-state index in [0.717, 1.165) is 55.9 Å². The van der Waals surface area contributed by atoms with Crippen LogP contribution in [0, 0.1) is 34.9 Å². The predicted octanol–water partition coefficient (Wildman–Crippen LogP) is 8.55. The molecule has 13 heteroatoms. The maximum Gasteiger partial charge on any atom is 0.264 e. The van der Waals surface area contributed by atoms with E-state index in [9.17, 15) is 44.7 Å². The highest BCUT2D eigenvalue weighted by Gasteiger charge is 2.26. The van der Waals surface area contributed by atoms with E-state index >= 15 is 0 Å². The van der Waals surface area contributed by atoms with Gasteiger partial charge >= 0.3 is 0 Å². The normalized spacial score (nSPS) is 12.8. The molecule has 0 spiro atoms. The Morgan fingerprint density at radius 1 is 0.787 bits per heavy atom. The molecule has 0 aliphatic carbocycles. The smallest absolute Gasteiger partial charge is 0.264 e. The second-order valence-electron chi connectivity index (χ2n) is 9.87. The summed E-state index contributed by atoms with van der Waals surface area (Å²) in [5, 5.41) is 9.88. The first-order valence-electron chi connectivity index (χ1n) is 13.5. The van der Waals surface area contributed by atoms with Gasteiger partial charge in [0.05, 0.1) is 12.9 Å². The Morgan fingerprint density at radius 2 is 1.13 bits per heavy atom. The van der Waals surface area contributed by atoms with Gasteiger partial charge in [0.25, 0.3) is 10.1 Å². The minimum atomic E-state index is -3.73. The van der Waals surface area contributed by atoms with Gasteiger partial charge in [-0.25, -0.2) is 26.3 Å². The van der Waals surface area contributed by atoms with E-state index in [4.69, 9.17) is 4.74 Å². The number of carbonyl (C=O) groups is 1. The molecule has 1 heterocycles. The highest BCUT2D eigenvalue weighted by molar-refractivity contribution is 7.85. The molecule has 4 rings (SSSR count). The molecule has 47 heavy (non-hydrogen) atoms. The van der Waals surface area contributed by atoms with Crippen molar-refractivity contribution in [3.63, 3.8) is 0 Å². The zero-order valence-electron chi connectivity index (χ0n) is 26.0. The molecule has 1 N–H and O–H groups in total. The second kappa shape index (κ2) is 21.9. The lowest BCUT2D eigenvalue weighted by Crippen LogP contribution is -2.29. The SMILES string of the molecule is C.C1CCOC1.C=C.C=C(C)c1cc(F)cc(F)c1.CC(=O)c1cc(F)cc(F)c1.C[C@@](O)(COS(C)(=O)=O)c1cc(F)cc(F)c1. The first-order valence-corrected chi connectivity index (χ1v) is 15.3. The summed E-state index contributed by atoms with van der Waals surface area (Å²) in [6.07, 6.45) is 3.37. The summed E-state index contributed by atoms with van der Waals surface area (Å²) < 4.78 is 107. The molecular formula is C34H42F6O6S. The topological polar surface area (TPSA) is 89.9 Å². The molecule has 0 amide bonds. The monoisotopic (exact) mass is 692 g/mol. The van der Waals surface area contributed by atoms with Crippen LogP contribution in [0.1, 0.15) is 62.5 Å². The molecule has 6 nitrogen and oxygen atoms in total. The second-order valence-corrected chi connectivity index (χ2v) is 11.5. The van der Waals surface area contributed by atoms with Crippen molar-refractivity contribution in [3.05, 3.63) is 126 Å². The molecule has 3 aromatic carbocycles. The van der Waals surface area contributed by atoms with Crippen LogP contribution in [-0.2, 0) is 24.6 Å². The Hall–Kier alpha value is -3.78. The molecule has 0 bridgehead atoms. The van der Waals surface area contributed by atoms with Crippen molar-refractivity contribution in [1.82, 2.24) is 0 Å². The van der Waals surface area contributed by atoms with Gasteiger partial charge in [0, 0.05) is 37.0 Å². The third kappa shape index (κ3) is 20.1. The van der Waals surface area contributed by atoms with Crippen LogP contribution in [0.3, 0.4) is 0 Å². The van der Waals surface area contributed by atoms with Crippen molar-refractivity contribution in [2.24, 2.45) is 0 Å². The van der Waals surface area contributed by atoms with Crippen molar-refractivity contribution in [2.75, 3.05) is 26.1 Å². The van der Waals surface area contributed by atoms with Crippen LogP contribution in [0.25, 0.3) is 5.57 Å². The largest absolute Gasteiger partial charge is 0.383 e. The van der Waals surface area contributed by atoms with Crippen LogP contribution in [0.4, 0.5) is 26.3 Å². The van der Waals surface area contributed by atoms with Gasteiger partial charge in [-0.2, -0.15) is 8.42 Å². The van der Waals surface area contributed by atoms with Gasteiger partial charge in [-0.1, -0.05) is 19.6 Å². The molecule has 1 atom stereocenters. The zero-order chi connectivity index (χ0) is 35.7. The van der Waals surface area contributed by atoms with E-state index in [1.54, 1.807) is 6.92 Å². The first kappa shape index (κ1) is 45.3. The van der Waals surface area contributed by atoms with Gasteiger partial charge in [-0.05, 0) is 81.1 Å². The number of hydrogen-bond donors (Lipinski definition) is 1. The highest BCUT2D eigenvalue weighted by Crippen LogP contribution is 2.23. The Morgan fingerprint density at radius 3 is 1.40 bits per heavy atom. The van der Waals surface area contributed by atoms with Crippen molar-refractivity contribution >= 4 is 21.5 Å². The summed E-state index contributed by atoms with van der Waals surface area (Å²) in [6, 6.07) is 8.56. The van der Waals surface area contributed by atoms with Crippen LogP contribution < -0.4 is 0 Å². The average molecular weight is 693 g/mol. The Kier molecular flexibility index (Phi) is 21.1. The number of ether oxygens (including phenoxy) is 1. The van der Waals surface area contributed by atoms with Crippen molar-refractivity contribution in [1.29, 1.82) is 0 Å². The highest BCUT2D eigenvalue weighted by atomic mass is 32.2. The first-order chi connectivity index (χ1) is 21.3. The number of hydrogen-bond acceptors (Lipinski definition) is 6. The van der Waals surface area contributed by atoms with Gasteiger partial charge in [0.1, 0.15) is 40.5 Å². The minimum Gasteiger partial charge on any atom is -0.383 e. The number of aliphatic hydroxyl groups is 1. The Balaban J connectivity index is 0. The summed E-state index contributed by atoms with van der Waals surface area (Å²) in [5.74, 6) is -4.65. The van der Waals surface area contributed by atoms with Gasteiger partial charge in [0.2, 0.25) is 0 Å². The number of Topliss-reactive ketones (excluding diaryl/α,β-unsaturated/α-hetero) is 1. The molecule has 0 radical (unpaired) electrons. The van der Waals surface area contributed by atoms with Gasteiger partial charge < -0.3 is 9.84 Å². The molecule has 0 unspecified atom stereocenters. The van der Waals surface area contributed by atoms with E-state index in [-0.39, 0.29) is 24.3 Å². The minimum absolute atomic E-state index is 0. The molecule has 1 aliphatic heterocycles. The number of benzene rings is 3. The molecule has 262 valence electrons. The third-order valence-electron chi connectivity index (χ3n) is 5.49. The summed E-state index contributed by atoms with van der Waals surface area (Å²) in [4.78, 5) is 10.6. The third-order valence-corrected chi connectivity index (χ3v) is 6.04. The fraction of sp³-hybridized carbons (Fsp3) is 0.324. The lowest BCUT2D eigenvalue weighted by Gasteiger charge is -2.23. The number of carbonyl (C=O) groups excluding carboxylic acids is 1. The van der Waals surface area contributed by atoms with E-state index in [1.807, 2.05) is 0 Å². The Bertz CT molecular complexity index is 1410. The fourth-order valence-corrected chi connectivity index (χ4v) is 3.68. The average Bonchev–Trinajstić information content (AvgIpc) is 3.53. The van der Waals surface area contributed by atoms with E-state index in [1.165, 1.54) is 38.8 Å². The van der Waals surface area contributed by atoms with E-state index in [2.05, 4.69) is 23.9 Å². The molecule has 0 aromatic heterocycles. The van der Waals surface area contributed by atoms with Crippen LogP contribution in [0.15, 0.2) is 74.3 Å². The molecule has 1 aliphatic rings. The van der Waals surface area contributed by atoms with Gasteiger partial charge in [0.15, 0.2) is 5.78 Å². The van der Waals surface area contributed by atoms with Crippen molar-refractivity contribution in [2.45, 2.75) is 46.6 Å². The fourth-order valence-electron chi connectivity index (χ4n) is 3.24. The molecule has 1 saturated heterocycles. The summed E-state index contributed by atoms with van der Waals surface area (Å²) in [5.41, 5.74) is -0.682. The van der Waals surface area contributed by atoms with E-state index in [0.29, 0.717) is 17.2 Å². The molecule has 0 saturated carbocycles. The zero-order valence-corrected chi connectivity index (χ0v) is 26.8. The predicted molar refractivity (Wildman–Crippen MR) is 172 cm³/mol. The number of halogens is 6. The maximum atomic E-state index is 12.9. The summed E-state index contributed by atoms with van der Waals surface area (Å²) in [7, 11) is -3.73. The summed E-state index contributed by atoms with van der Waals surface area (Å²) >= 11 is 0. The van der Waals surface area contributed by atoms with Gasteiger partial charge in [-0.15, -0.1) is 13.2 Å². The molecular weight excluding hydrogens is 650 g/mol. The molecule has 1 fully saturated rings. The number of rotatable bonds is 6. The number of allylic oxidation sites excluding steroid dienone is 1. The van der Waals surface area contributed by atoms with E-state index < -0.39 is 57.2 Å². The maximum absolute atomic E-state index is 12.9. The van der Waals surface area contributed by atoms with Gasteiger partial charge in [-0.3, -0.25) is 8.98 Å². The summed E-state index contributed by atoms with van der Waals surface area (Å²) in [6.45, 7) is 15.1. The number of ketones is 1. The van der Waals surface area contributed by atoms with Crippen molar-refractivity contribution < 1.29 is 53.6 Å². The van der Waals surface area contributed by atoms with Crippen LogP contribution in [0.5, 0.6) is 0 Å².